The van der Waals surface area contributed by atoms with Gasteiger partial charge in [-0.25, -0.2) is 9.07 Å². The van der Waals surface area contributed by atoms with Crippen LogP contribution >= 0.6 is 0 Å². The van der Waals surface area contributed by atoms with E-state index in [9.17, 15) is 9.18 Å². The highest BCUT2D eigenvalue weighted by Gasteiger charge is 2.21. The van der Waals surface area contributed by atoms with E-state index in [0.717, 1.165) is 0 Å². The second kappa shape index (κ2) is 9.38. The van der Waals surface area contributed by atoms with Crippen molar-refractivity contribution in [3.05, 3.63) is 84.6 Å². The zero-order chi connectivity index (χ0) is 22.5. The Morgan fingerprint density at radius 2 is 1.75 bits per heavy atom. The third-order valence-electron chi connectivity index (χ3n) is 4.72. The van der Waals surface area contributed by atoms with Crippen LogP contribution in [0.5, 0.6) is 11.5 Å². The summed E-state index contributed by atoms with van der Waals surface area (Å²) in [6.07, 6.45) is 5.12. The van der Waals surface area contributed by atoms with Crippen LogP contribution in [-0.2, 0) is 0 Å². The molecule has 8 heteroatoms. The fraction of sp³-hybridized carbons (Fsp3) is 0.167. The van der Waals surface area contributed by atoms with Crippen LogP contribution in [0.1, 0.15) is 24.2 Å². The molecule has 1 N–H and O–H groups in total. The Labute approximate surface area is 185 Å². The summed E-state index contributed by atoms with van der Waals surface area (Å²) in [6.45, 7) is 4.72. The van der Waals surface area contributed by atoms with Crippen LogP contribution < -0.4 is 14.8 Å². The maximum atomic E-state index is 13.4. The second-order valence-electron chi connectivity index (χ2n) is 6.84. The molecule has 0 saturated heterocycles. The van der Waals surface area contributed by atoms with Crippen molar-refractivity contribution in [3.8, 4) is 23.0 Å². The molecule has 1 amide bonds. The lowest BCUT2D eigenvalue weighted by Gasteiger charge is -2.14. The minimum atomic E-state index is -0.364. The van der Waals surface area contributed by atoms with Crippen molar-refractivity contribution in [2.75, 3.05) is 18.5 Å². The Kier molecular flexibility index (Phi) is 6.21. The van der Waals surface area contributed by atoms with Crippen LogP contribution in [0.4, 0.5) is 10.1 Å². The molecule has 0 aliphatic rings. The number of carbonyl (C=O) groups is 1. The molecular formula is C24H23FN4O3. The van der Waals surface area contributed by atoms with Gasteiger partial charge in [0.15, 0.2) is 5.82 Å². The number of nitrogens with one attached hydrogen (secondary N) is 1. The van der Waals surface area contributed by atoms with Crippen LogP contribution in [0.2, 0.25) is 0 Å². The number of amides is 1. The van der Waals surface area contributed by atoms with Gasteiger partial charge in [0.05, 0.1) is 30.8 Å². The first-order valence-electron chi connectivity index (χ1n) is 10.3. The van der Waals surface area contributed by atoms with Crippen LogP contribution in [0.3, 0.4) is 0 Å². The number of carbonyl (C=O) groups excluding carboxylic acids is 1. The minimum absolute atomic E-state index is 0.342. The molecule has 0 spiro atoms. The van der Waals surface area contributed by atoms with Gasteiger partial charge in [-0.3, -0.25) is 4.79 Å². The summed E-state index contributed by atoms with van der Waals surface area (Å²) < 4.78 is 28.0. The SMILES string of the molecule is CCOc1ccc(OCC)c(NC(=O)c2cnn(-c3ccc(F)cc3)c2-n2cccc2)c1. The average molecular weight is 434 g/mol. The number of hydrogen-bond acceptors (Lipinski definition) is 4. The van der Waals surface area contributed by atoms with Crippen molar-refractivity contribution < 1.29 is 18.7 Å². The van der Waals surface area contributed by atoms with Gasteiger partial charge in [0, 0.05) is 18.5 Å². The Balaban J connectivity index is 1.73. The minimum Gasteiger partial charge on any atom is -0.494 e. The quantitative estimate of drug-likeness (QED) is 0.430. The smallest absolute Gasteiger partial charge is 0.261 e. The topological polar surface area (TPSA) is 70.3 Å². The summed E-state index contributed by atoms with van der Waals surface area (Å²) in [6, 6.07) is 14.9. The highest BCUT2D eigenvalue weighted by molar-refractivity contribution is 6.07. The molecule has 0 unspecified atom stereocenters. The van der Waals surface area contributed by atoms with Gasteiger partial charge in [-0.05, 0) is 62.4 Å². The van der Waals surface area contributed by atoms with E-state index in [1.807, 2.05) is 38.4 Å². The molecule has 0 atom stereocenters. The van der Waals surface area contributed by atoms with Crippen LogP contribution in [0.25, 0.3) is 11.5 Å². The summed E-state index contributed by atoms with van der Waals surface area (Å²) in [4.78, 5) is 13.3. The van der Waals surface area contributed by atoms with E-state index in [-0.39, 0.29) is 11.7 Å². The lowest BCUT2D eigenvalue weighted by molar-refractivity contribution is 0.102. The third-order valence-corrected chi connectivity index (χ3v) is 4.72. The first kappa shape index (κ1) is 21.2. The van der Waals surface area contributed by atoms with E-state index < -0.39 is 0 Å². The molecule has 2 heterocycles. The third kappa shape index (κ3) is 4.34. The number of hydrogen-bond donors (Lipinski definition) is 1. The predicted molar refractivity (Wildman–Crippen MR) is 120 cm³/mol. The molecule has 32 heavy (non-hydrogen) atoms. The zero-order valence-corrected chi connectivity index (χ0v) is 17.8. The molecule has 164 valence electrons. The first-order valence-corrected chi connectivity index (χ1v) is 10.3. The molecule has 0 bridgehead atoms. The van der Waals surface area contributed by atoms with Gasteiger partial charge in [0.2, 0.25) is 0 Å². The standard InChI is InChI=1S/C24H23FN4O3/c1-3-31-19-11-12-22(32-4-2)21(15-19)27-23(30)20-16-26-29(18-9-7-17(25)8-10-18)24(20)28-13-5-6-14-28/h5-16H,3-4H2,1-2H3,(H,27,30). The molecule has 0 aliphatic carbocycles. The van der Waals surface area contributed by atoms with Crippen molar-refractivity contribution in [1.29, 1.82) is 0 Å². The number of benzene rings is 2. The zero-order valence-electron chi connectivity index (χ0n) is 17.8. The molecular weight excluding hydrogens is 411 g/mol. The van der Waals surface area contributed by atoms with Crippen molar-refractivity contribution in [2.45, 2.75) is 13.8 Å². The first-order chi connectivity index (χ1) is 15.6. The van der Waals surface area contributed by atoms with Gasteiger partial charge in [0.25, 0.3) is 5.91 Å². The number of rotatable bonds is 8. The van der Waals surface area contributed by atoms with Crippen LogP contribution in [-0.4, -0.2) is 33.5 Å². The van der Waals surface area contributed by atoms with Crippen molar-refractivity contribution in [1.82, 2.24) is 14.3 Å². The summed E-state index contributed by atoms with van der Waals surface area (Å²) in [5, 5.41) is 7.31. The van der Waals surface area contributed by atoms with Crippen LogP contribution in [0.15, 0.2) is 73.2 Å². The Morgan fingerprint density at radius 3 is 2.44 bits per heavy atom. The average Bonchev–Trinajstić information content (AvgIpc) is 3.46. The maximum absolute atomic E-state index is 13.4. The number of anilines is 1. The van der Waals surface area contributed by atoms with E-state index in [4.69, 9.17) is 9.47 Å². The summed E-state index contributed by atoms with van der Waals surface area (Å²) in [5.41, 5.74) is 1.47. The summed E-state index contributed by atoms with van der Waals surface area (Å²) >= 11 is 0. The Bertz CT molecular complexity index is 1200. The number of ether oxygens (including phenoxy) is 2. The molecule has 0 saturated carbocycles. The molecule has 4 rings (SSSR count). The van der Waals surface area contributed by atoms with E-state index in [0.29, 0.717) is 47.5 Å². The largest absolute Gasteiger partial charge is 0.494 e. The molecule has 0 radical (unpaired) electrons. The Hall–Kier alpha value is -4.07. The normalized spacial score (nSPS) is 10.7. The van der Waals surface area contributed by atoms with E-state index in [2.05, 4.69) is 10.4 Å². The molecule has 2 aromatic heterocycles. The molecule has 2 aromatic carbocycles. The fourth-order valence-corrected chi connectivity index (χ4v) is 3.33. The number of nitrogens with zero attached hydrogens (tertiary/aromatic N) is 3. The van der Waals surface area contributed by atoms with Crippen molar-refractivity contribution in [3.63, 3.8) is 0 Å². The van der Waals surface area contributed by atoms with Gasteiger partial charge >= 0.3 is 0 Å². The van der Waals surface area contributed by atoms with E-state index >= 15 is 0 Å². The van der Waals surface area contributed by atoms with Gasteiger partial charge in [0.1, 0.15) is 22.9 Å². The van der Waals surface area contributed by atoms with E-state index in [1.54, 1.807) is 39.6 Å². The van der Waals surface area contributed by atoms with Crippen LogP contribution in [0, 0.1) is 5.82 Å². The fourth-order valence-electron chi connectivity index (χ4n) is 3.33. The van der Waals surface area contributed by atoms with Gasteiger partial charge in [-0.2, -0.15) is 5.10 Å². The monoisotopic (exact) mass is 434 g/mol. The van der Waals surface area contributed by atoms with E-state index in [1.165, 1.54) is 18.3 Å². The summed E-state index contributed by atoms with van der Waals surface area (Å²) in [5.74, 6) is 0.977. The van der Waals surface area contributed by atoms with Gasteiger partial charge in [-0.15, -0.1) is 0 Å². The van der Waals surface area contributed by atoms with Crippen molar-refractivity contribution in [2.24, 2.45) is 0 Å². The molecule has 0 fully saturated rings. The number of halogens is 1. The number of aromatic nitrogens is 3. The highest BCUT2D eigenvalue weighted by Crippen LogP contribution is 2.30. The summed E-state index contributed by atoms with van der Waals surface area (Å²) in [7, 11) is 0. The molecule has 7 nitrogen and oxygen atoms in total. The second-order valence-corrected chi connectivity index (χ2v) is 6.84. The van der Waals surface area contributed by atoms with Gasteiger partial charge in [-0.1, -0.05) is 0 Å². The predicted octanol–water partition coefficient (Wildman–Crippen LogP) is 4.85. The molecule has 0 aliphatic heterocycles. The van der Waals surface area contributed by atoms with Gasteiger partial charge < -0.3 is 19.4 Å². The lowest BCUT2D eigenvalue weighted by Crippen LogP contribution is -2.16. The molecule has 4 aromatic rings. The highest BCUT2D eigenvalue weighted by atomic mass is 19.1. The Morgan fingerprint density at radius 1 is 1.03 bits per heavy atom. The maximum Gasteiger partial charge on any atom is 0.261 e. The lowest BCUT2D eigenvalue weighted by atomic mass is 10.2. The van der Waals surface area contributed by atoms with Crippen molar-refractivity contribution >= 4 is 11.6 Å².